The van der Waals surface area contributed by atoms with Gasteiger partial charge in [0.2, 0.25) is 0 Å². The molecule has 0 atom stereocenters. The Kier molecular flexibility index (Phi) is 6.36. The third kappa shape index (κ3) is 3.97. The van der Waals surface area contributed by atoms with Crippen LogP contribution in [0.2, 0.25) is 10.0 Å². The molecule has 0 saturated heterocycles. The highest BCUT2D eigenvalue weighted by atomic mass is 127. The average molecular weight is 416 g/mol. The van der Waals surface area contributed by atoms with Gasteiger partial charge in [0.25, 0.3) is 5.91 Å². The van der Waals surface area contributed by atoms with Crippen molar-refractivity contribution in [1.82, 2.24) is 5.32 Å². The summed E-state index contributed by atoms with van der Waals surface area (Å²) in [6.45, 7) is 3.75. The van der Waals surface area contributed by atoms with Crippen molar-refractivity contribution in [2.75, 3.05) is 6.61 Å². The lowest BCUT2D eigenvalue weighted by molar-refractivity contribution is 0.0817. The fourth-order valence-corrected chi connectivity index (χ4v) is 2.77. The van der Waals surface area contributed by atoms with E-state index >= 15 is 0 Å². The molecule has 19 heavy (non-hydrogen) atoms. The van der Waals surface area contributed by atoms with E-state index in [1.807, 2.05) is 36.4 Å². The van der Waals surface area contributed by atoms with E-state index in [1.165, 1.54) is 0 Å². The van der Waals surface area contributed by atoms with Crippen LogP contribution in [0.1, 0.15) is 37.0 Å². The van der Waals surface area contributed by atoms with Crippen LogP contribution >= 0.6 is 45.8 Å². The first-order chi connectivity index (χ1) is 8.89. The minimum atomic E-state index is -0.602. The van der Waals surface area contributed by atoms with Crippen LogP contribution in [0.4, 0.5) is 0 Å². The number of aliphatic hydroxyl groups is 1. The monoisotopic (exact) mass is 415 g/mol. The molecule has 0 saturated carbocycles. The number of nitrogens with one attached hydrogen (secondary N) is 1. The lowest BCUT2D eigenvalue weighted by Gasteiger charge is -2.31. The van der Waals surface area contributed by atoms with Gasteiger partial charge in [-0.05, 0) is 47.6 Å². The molecular formula is C13H16Cl2INO2. The fourth-order valence-electron chi connectivity index (χ4n) is 1.72. The Morgan fingerprint density at radius 1 is 1.37 bits per heavy atom. The van der Waals surface area contributed by atoms with Crippen LogP contribution in [0.5, 0.6) is 0 Å². The molecular weight excluding hydrogens is 400 g/mol. The number of hydrogen-bond donors (Lipinski definition) is 2. The summed E-state index contributed by atoms with van der Waals surface area (Å²) in [6, 6.07) is 3.18. The summed E-state index contributed by atoms with van der Waals surface area (Å²) in [6.07, 6.45) is 1.30. The third-order valence-corrected chi connectivity index (χ3v) is 5.27. The van der Waals surface area contributed by atoms with Gasteiger partial charge in [-0.25, -0.2) is 0 Å². The van der Waals surface area contributed by atoms with Crippen LogP contribution in [0.3, 0.4) is 0 Å². The van der Waals surface area contributed by atoms with E-state index in [0.29, 0.717) is 32.0 Å². The van der Waals surface area contributed by atoms with Crippen molar-refractivity contribution in [1.29, 1.82) is 0 Å². The second kappa shape index (κ2) is 7.11. The number of halogens is 3. The zero-order chi connectivity index (χ0) is 14.6. The zero-order valence-corrected chi connectivity index (χ0v) is 14.4. The second-order valence-corrected chi connectivity index (χ2v) is 6.27. The first-order valence-corrected chi connectivity index (χ1v) is 7.80. The highest BCUT2D eigenvalue weighted by Gasteiger charge is 2.28. The van der Waals surface area contributed by atoms with Crippen LogP contribution in [0, 0.1) is 3.57 Å². The molecule has 1 rings (SSSR count). The number of amides is 1. The lowest BCUT2D eigenvalue weighted by atomic mass is 9.93. The van der Waals surface area contributed by atoms with Gasteiger partial charge >= 0.3 is 0 Å². The minimum absolute atomic E-state index is 0.101. The largest absolute Gasteiger partial charge is 0.394 e. The highest BCUT2D eigenvalue weighted by molar-refractivity contribution is 14.1. The molecule has 0 aliphatic rings. The molecule has 2 N–H and O–H groups in total. The zero-order valence-electron chi connectivity index (χ0n) is 10.8. The molecule has 0 heterocycles. The van der Waals surface area contributed by atoms with E-state index in [4.69, 9.17) is 23.2 Å². The van der Waals surface area contributed by atoms with Gasteiger partial charge in [-0.15, -0.1) is 0 Å². The SMILES string of the molecule is CCC(CC)(CO)NC(=O)c1cc(Cl)cc(Cl)c1I. The highest BCUT2D eigenvalue weighted by Crippen LogP contribution is 2.27. The summed E-state index contributed by atoms with van der Waals surface area (Å²) in [4.78, 5) is 12.3. The maximum absolute atomic E-state index is 12.3. The van der Waals surface area contributed by atoms with Crippen LogP contribution in [0.15, 0.2) is 12.1 Å². The Bertz CT molecular complexity index is 468. The molecule has 1 aromatic rings. The Labute approximate surface area is 136 Å². The number of hydrogen-bond acceptors (Lipinski definition) is 2. The van der Waals surface area contributed by atoms with Crippen molar-refractivity contribution in [3.05, 3.63) is 31.3 Å². The number of carbonyl (C=O) groups excluding carboxylic acids is 1. The average Bonchev–Trinajstić information content (AvgIpc) is 2.40. The first-order valence-electron chi connectivity index (χ1n) is 5.97. The normalized spacial score (nSPS) is 11.5. The van der Waals surface area contributed by atoms with Crippen molar-refractivity contribution in [3.8, 4) is 0 Å². The van der Waals surface area contributed by atoms with Crippen molar-refractivity contribution in [3.63, 3.8) is 0 Å². The van der Waals surface area contributed by atoms with Gasteiger partial charge in [-0.3, -0.25) is 4.79 Å². The minimum Gasteiger partial charge on any atom is -0.394 e. The summed E-state index contributed by atoms with van der Waals surface area (Å²) in [5.74, 6) is -0.272. The smallest absolute Gasteiger partial charge is 0.252 e. The Morgan fingerprint density at radius 3 is 2.42 bits per heavy atom. The summed E-state index contributed by atoms with van der Waals surface area (Å²) in [5.41, 5.74) is -0.174. The topological polar surface area (TPSA) is 49.3 Å². The van der Waals surface area contributed by atoms with Gasteiger partial charge in [0.15, 0.2) is 0 Å². The van der Waals surface area contributed by atoms with Crippen LogP contribution in [-0.2, 0) is 0 Å². The Hall–Kier alpha value is -0.0400. The van der Waals surface area contributed by atoms with E-state index in [-0.39, 0.29) is 12.5 Å². The molecule has 1 amide bonds. The van der Waals surface area contributed by atoms with Gasteiger partial charge in [0.1, 0.15) is 0 Å². The summed E-state index contributed by atoms with van der Waals surface area (Å²) < 4.78 is 0.653. The van der Waals surface area contributed by atoms with Crippen LogP contribution in [0.25, 0.3) is 0 Å². The summed E-state index contributed by atoms with van der Waals surface area (Å²) in [5, 5.41) is 13.2. The summed E-state index contributed by atoms with van der Waals surface area (Å²) >= 11 is 13.9. The van der Waals surface area contributed by atoms with E-state index < -0.39 is 5.54 Å². The maximum Gasteiger partial charge on any atom is 0.252 e. The lowest BCUT2D eigenvalue weighted by Crippen LogP contribution is -2.50. The van der Waals surface area contributed by atoms with Gasteiger partial charge in [-0.2, -0.15) is 0 Å². The molecule has 0 fully saturated rings. The van der Waals surface area contributed by atoms with Crippen LogP contribution < -0.4 is 5.32 Å². The molecule has 0 aliphatic heterocycles. The molecule has 0 spiro atoms. The number of rotatable bonds is 5. The molecule has 0 aliphatic carbocycles. The predicted molar refractivity (Wildman–Crippen MR) is 87.0 cm³/mol. The fraction of sp³-hybridized carbons (Fsp3) is 0.462. The predicted octanol–water partition coefficient (Wildman–Crippen LogP) is 3.88. The van der Waals surface area contributed by atoms with Gasteiger partial charge < -0.3 is 10.4 Å². The Morgan fingerprint density at radius 2 is 1.95 bits per heavy atom. The molecule has 1 aromatic carbocycles. The van der Waals surface area contributed by atoms with E-state index in [2.05, 4.69) is 5.32 Å². The van der Waals surface area contributed by atoms with E-state index in [1.54, 1.807) is 12.1 Å². The molecule has 106 valence electrons. The van der Waals surface area contributed by atoms with Crippen molar-refractivity contribution in [2.24, 2.45) is 0 Å². The molecule has 3 nitrogen and oxygen atoms in total. The van der Waals surface area contributed by atoms with Gasteiger partial charge in [0, 0.05) is 8.59 Å². The molecule has 0 bridgehead atoms. The maximum atomic E-state index is 12.3. The first kappa shape index (κ1) is 17.0. The van der Waals surface area contributed by atoms with Crippen molar-refractivity contribution >= 4 is 51.7 Å². The molecule has 0 radical (unpaired) electrons. The third-order valence-electron chi connectivity index (χ3n) is 3.27. The Balaban J connectivity index is 3.08. The number of aliphatic hydroxyl groups excluding tert-OH is 1. The van der Waals surface area contributed by atoms with Gasteiger partial charge in [-0.1, -0.05) is 37.0 Å². The van der Waals surface area contributed by atoms with Crippen molar-refractivity contribution in [2.45, 2.75) is 32.2 Å². The molecule has 0 aromatic heterocycles. The number of benzene rings is 1. The summed E-state index contributed by atoms with van der Waals surface area (Å²) in [7, 11) is 0. The molecule has 0 unspecified atom stereocenters. The molecule has 6 heteroatoms. The quantitative estimate of drug-likeness (QED) is 0.566. The van der Waals surface area contributed by atoms with E-state index in [9.17, 15) is 9.90 Å². The standard InChI is InChI=1S/C13H16Cl2INO2/c1-3-13(4-2,7-18)17-12(19)9-5-8(14)6-10(15)11(9)16/h5-6,18H,3-4,7H2,1-2H3,(H,17,19). The van der Waals surface area contributed by atoms with E-state index in [0.717, 1.165) is 0 Å². The van der Waals surface area contributed by atoms with Gasteiger partial charge in [0.05, 0.1) is 22.7 Å². The van der Waals surface area contributed by atoms with Crippen molar-refractivity contribution < 1.29 is 9.90 Å². The number of carbonyl (C=O) groups is 1. The second-order valence-electron chi connectivity index (χ2n) is 4.35. The van der Waals surface area contributed by atoms with Crippen LogP contribution in [-0.4, -0.2) is 23.2 Å².